The van der Waals surface area contributed by atoms with Gasteiger partial charge in [0.15, 0.2) is 0 Å². The SMILES string of the molecule is CC(NC(=O)c1ccc(F)cc1N)c1nccs1. The Bertz CT molecular complexity index is 556. The lowest BCUT2D eigenvalue weighted by Gasteiger charge is -2.12. The number of nitrogen functional groups attached to an aromatic ring is 1. The zero-order valence-electron chi connectivity index (χ0n) is 9.68. The molecule has 6 heteroatoms. The third-order valence-corrected chi connectivity index (χ3v) is 3.39. The normalized spacial score (nSPS) is 12.1. The Hall–Kier alpha value is -1.95. The molecule has 94 valence electrons. The summed E-state index contributed by atoms with van der Waals surface area (Å²) >= 11 is 1.46. The van der Waals surface area contributed by atoms with Gasteiger partial charge in [-0.25, -0.2) is 9.37 Å². The van der Waals surface area contributed by atoms with Gasteiger partial charge in [-0.3, -0.25) is 4.79 Å². The number of halogens is 1. The monoisotopic (exact) mass is 265 g/mol. The summed E-state index contributed by atoms with van der Waals surface area (Å²) in [4.78, 5) is 16.1. The van der Waals surface area contributed by atoms with Gasteiger partial charge in [0.25, 0.3) is 5.91 Å². The minimum absolute atomic E-state index is 0.124. The molecule has 0 spiro atoms. The van der Waals surface area contributed by atoms with E-state index in [9.17, 15) is 9.18 Å². The van der Waals surface area contributed by atoms with Gasteiger partial charge < -0.3 is 11.1 Å². The molecule has 0 aliphatic carbocycles. The minimum Gasteiger partial charge on any atom is -0.398 e. The summed E-state index contributed by atoms with van der Waals surface area (Å²) in [5, 5.41) is 5.41. The van der Waals surface area contributed by atoms with E-state index in [0.29, 0.717) is 0 Å². The van der Waals surface area contributed by atoms with E-state index in [1.807, 2.05) is 12.3 Å². The molecule has 4 nitrogen and oxygen atoms in total. The number of aromatic nitrogens is 1. The highest BCUT2D eigenvalue weighted by molar-refractivity contribution is 7.09. The molecule has 1 atom stereocenters. The second kappa shape index (κ2) is 5.14. The van der Waals surface area contributed by atoms with Crippen molar-refractivity contribution in [2.24, 2.45) is 0 Å². The average Bonchev–Trinajstić information content (AvgIpc) is 2.81. The van der Waals surface area contributed by atoms with Gasteiger partial charge in [0.1, 0.15) is 10.8 Å². The van der Waals surface area contributed by atoms with Gasteiger partial charge in [-0.2, -0.15) is 0 Å². The molecule has 1 heterocycles. The molecule has 1 amide bonds. The predicted molar refractivity (Wildman–Crippen MR) is 68.8 cm³/mol. The van der Waals surface area contributed by atoms with Gasteiger partial charge in [0, 0.05) is 17.3 Å². The van der Waals surface area contributed by atoms with Gasteiger partial charge in [0.05, 0.1) is 11.6 Å². The Morgan fingerprint density at radius 1 is 1.56 bits per heavy atom. The molecule has 18 heavy (non-hydrogen) atoms. The van der Waals surface area contributed by atoms with Gasteiger partial charge in [-0.1, -0.05) is 0 Å². The third-order valence-electron chi connectivity index (χ3n) is 2.43. The fourth-order valence-corrected chi connectivity index (χ4v) is 2.17. The molecule has 2 rings (SSSR count). The molecule has 0 aliphatic rings. The van der Waals surface area contributed by atoms with Crippen LogP contribution in [0, 0.1) is 5.82 Å². The van der Waals surface area contributed by atoms with Crippen LogP contribution in [0.2, 0.25) is 0 Å². The molecule has 0 saturated carbocycles. The number of hydrogen-bond donors (Lipinski definition) is 2. The summed E-state index contributed by atoms with van der Waals surface area (Å²) < 4.78 is 12.9. The maximum absolute atomic E-state index is 12.9. The van der Waals surface area contributed by atoms with Crippen molar-refractivity contribution in [2.75, 3.05) is 5.73 Å². The molecule has 0 fully saturated rings. The van der Waals surface area contributed by atoms with Crippen molar-refractivity contribution in [3.8, 4) is 0 Å². The first-order valence-corrected chi connectivity index (χ1v) is 6.21. The van der Waals surface area contributed by atoms with Crippen molar-refractivity contribution in [3.63, 3.8) is 0 Å². The fraction of sp³-hybridized carbons (Fsp3) is 0.167. The Labute approximate surface area is 108 Å². The zero-order valence-corrected chi connectivity index (χ0v) is 10.5. The van der Waals surface area contributed by atoms with Crippen molar-refractivity contribution in [1.82, 2.24) is 10.3 Å². The molecular weight excluding hydrogens is 253 g/mol. The number of nitrogens with zero attached hydrogens (tertiary/aromatic N) is 1. The Kier molecular flexibility index (Phi) is 3.57. The van der Waals surface area contributed by atoms with Crippen molar-refractivity contribution in [3.05, 3.63) is 46.2 Å². The Morgan fingerprint density at radius 2 is 2.33 bits per heavy atom. The highest BCUT2D eigenvalue weighted by atomic mass is 32.1. The number of thiazole rings is 1. The Balaban J connectivity index is 2.12. The van der Waals surface area contributed by atoms with Gasteiger partial charge in [-0.05, 0) is 25.1 Å². The molecule has 0 radical (unpaired) electrons. The van der Waals surface area contributed by atoms with Gasteiger partial charge in [-0.15, -0.1) is 11.3 Å². The number of anilines is 1. The largest absolute Gasteiger partial charge is 0.398 e. The summed E-state index contributed by atoms with van der Waals surface area (Å²) in [6.07, 6.45) is 1.68. The van der Waals surface area contributed by atoms with Crippen LogP contribution in [-0.2, 0) is 0 Å². The maximum Gasteiger partial charge on any atom is 0.253 e. The van der Waals surface area contributed by atoms with Crippen LogP contribution in [0.25, 0.3) is 0 Å². The molecule has 1 aromatic carbocycles. The van der Waals surface area contributed by atoms with Crippen LogP contribution >= 0.6 is 11.3 Å². The second-order valence-corrected chi connectivity index (χ2v) is 4.72. The average molecular weight is 265 g/mol. The zero-order chi connectivity index (χ0) is 13.1. The van der Waals surface area contributed by atoms with Crippen molar-refractivity contribution >= 4 is 22.9 Å². The van der Waals surface area contributed by atoms with E-state index in [2.05, 4.69) is 10.3 Å². The van der Waals surface area contributed by atoms with Crippen LogP contribution in [0.3, 0.4) is 0 Å². The van der Waals surface area contributed by atoms with Crippen LogP contribution in [-0.4, -0.2) is 10.9 Å². The first-order chi connectivity index (χ1) is 8.58. The number of rotatable bonds is 3. The summed E-state index contributed by atoms with van der Waals surface area (Å²) in [7, 11) is 0. The topological polar surface area (TPSA) is 68.0 Å². The van der Waals surface area contributed by atoms with Gasteiger partial charge >= 0.3 is 0 Å². The summed E-state index contributed by atoms with van der Waals surface area (Å²) in [5.41, 5.74) is 5.99. The van der Waals surface area contributed by atoms with E-state index in [4.69, 9.17) is 5.73 Å². The van der Waals surface area contributed by atoms with Crippen LogP contribution in [0.4, 0.5) is 10.1 Å². The fourth-order valence-electron chi connectivity index (χ4n) is 1.52. The standard InChI is InChI=1S/C12H12FN3OS/c1-7(12-15-4-5-18-12)16-11(17)9-3-2-8(13)6-10(9)14/h2-7H,14H2,1H3,(H,16,17). The summed E-state index contributed by atoms with van der Waals surface area (Å²) in [6.45, 7) is 1.83. The molecule has 0 bridgehead atoms. The predicted octanol–water partition coefficient (Wildman–Crippen LogP) is 2.36. The van der Waals surface area contributed by atoms with E-state index in [0.717, 1.165) is 11.1 Å². The number of benzene rings is 1. The maximum atomic E-state index is 12.9. The number of carbonyl (C=O) groups is 1. The minimum atomic E-state index is -0.461. The molecule has 1 unspecified atom stereocenters. The molecule has 0 aliphatic heterocycles. The summed E-state index contributed by atoms with van der Waals surface area (Å²) in [5.74, 6) is -0.799. The number of amides is 1. The van der Waals surface area contributed by atoms with Crippen LogP contribution < -0.4 is 11.1 Å². The van der Waals surface area contributed by atoms with Crippen molar-refractivity contribution in [2.45, 2.75) is 13.0 Å². The molecule has 1 aromatic heterocycles. The highest BCUT2D eigenvalue weighted by Crippen LogP contribution is 2.18. The number of nitrogens with two attached hydrogens (primary N) is 1. The summed E-state index contributed by atoms with van der Waals surface area (Å²) in [6, 6.07) is 3.50. The van der Waals surface area contributed by atoms with E-state index >= 15 is 0 Å². The van der Waals surface area contributed by atoms with Gasteiger partial charge in [0.2, 0.25) is 0 Å². The number of nitrogens with one attached hydrogen (secondary N) is 1. The second-order valence-electron chi connectivity index (χ2n) is 3.80. The van der Waals surface area contributed by atoms with E-state index in [-0.39, 0.29) is 23.2 Å². The lowest BCUT2D eigenvalue weighted by Crippen LogP contribution is -2.27. The quantitative estimate of drug-likeness (QED) is 0.837. The third kappa shape index (κ3) is 2.65. The van der Waals surface area contributed by atoms with Crippen LogP contribution in [0.15, 0.2) is 29.8 Å². The first kappa shape index (κ1) is 12.5. The lowest BCUT2D eigenvalue weighted by molar-refractivity contribution is 0.0940. The Morgan fingerprint density at radius 3 is 2.94 bits per heavy atom. The molecular formula is C12H12FN3OS. The van der Waals surface area contributed by atoms with E-state index in [1.54, 1.807) is 6.20 Å². The van der Waals surface area contributed by atoms with E-state index < -0.39 is 5.82 Å². The van der Waals surface area contributed by atoms with Crippen molar-refractivity contribution < 1.29 is 9.18 Å². The molecule has 3 N–H and O–H groups in total. The van der Waals surface area contributed by atoms with E-state index in [1.165, 1.54) is 23.5 Å². The number of hydrogen-bond acceptors (Lipinski definition) is 4. The van der Waals surface area contributed by atoms with Crippen LogP contribution in [0.1, 0.15) is 28.3 Å². The number of carbonyl (C=O) groups excluding carboxylic acids is 1. The van der Waals surface area contributed by atoms with Crippen molar-refractivity contribution in [1.29, 1.82) is 0 Å². The van der Waals surface area contributed by atoms with Crippen LogP contribution in [0.5, 0.6) is 0 Å². The smallest absolute Gasteiger partial charge is 0.253 e. The molecule has 0 saturated heterocycles. The lowest BCUT2D eigenvalue weighted by atomic mass is 10.1. The highest BCUT2D eigenvalue weighted by Gasteiger charge is 2.15. The molecule has 2 aromatic rings. The first-order valence-electron chi connectivity index (χ1n) is 5.33.